The Kier molecular flexibility index (Phi) is 5.38. The molecule has 1 saturated heterocycles. The Bertz CT molecular complexity index is 416. The molecule has 1 aliphatic rings. The lowest BCUT2D eigenvalue weighted by atomic mass is 10.1. The summed E-state index contributed by atoms with van der Waals surface area (Å²) in [6.07, 6.45) is -0.671. The normalized spacial score (nSPS) is 17.8. The van der Waals surface area contributed by atoms with Crippen LogP contribution in [0.1, 0.15) is 18.6 Å². The highest BCUT2D eigenvalue weighted by molar-refractivity contribution is 5.67. The van der Waals surface area contributed by atoms with Crippen molar-refractivity contribution < 1.29 is 19.5 Å². The molecule has 0 aromatic heterocycles. The molecule has 0 bridgehead atoms. The molecule has 0 aliphatic carbocycles. The number of nitrogens with zero attached hydrogens (tertiary/aromatic N) is 1. The van der Waals surface area contributed by atoms with Gasteiger partial charge in [-0.15, -0.1) is 0 Å². The summed E-state index contributed by atoms with van der Waals surface area (Å²) in [5.74, 6) is 0. The summed E-state index contributed by atoms with van der Waals surface area (Å²) in [6, 6.07) is 9.71. The highest BCUT2D eigenvalue weighted by Gasteiger charge is 2.26. The van der Waals surface area contributed by atoms with Gasteiger partial charge in [-0.1, -0.05) is 30.3 Å². The molecule has 1 aliphatic heterocycles. The van der Waals surface area contributed by atoms with Gasteiger partial charge in [0.1, 0.15) is 12.6 Å². The number of nitrogens with one attached hydrogen (secondary N) is 1. The molecule has 1 fully saturated rings. The lowest BCUT2D eigenvalue weighted by molar-refractivity contribution is -0.907. The number of amides is 1. The summed E-state index contributed by atoms with van der Waals surface area (Å²) in [4.78, 5) is 14.7. The van der Waals surface area contributed by atoms with Crippen molar-refractivity contribution in [3.63, 3.8) is 0 Å². The van der Waals surface area contributed by atoms with Gasteiger partial charge in [-0.2, -0.15) is 0 Å². The van der Waals surface area contributed by atoms with Gasteiger partial charge in [-0.3, -0.25) is 4.90 Å². The lowest BCUT2D eigenvalue weighted by Gasteiger charge is -2.32. The van der Waals surface area contributed by atoms with Gasteiger partial charge in [-0.25, -0.2) is 4.79 Å². The predicted molar refractivity (Wildman–Crippen MR) is 75.6 cm³/mol. The monoisotopic (exact) mass is 279 g/mol. The van der Waals surface area contributed by atoms with E-state index in [-0.39, 0.29) is 6.09 Å². The minimum absolute atomic E-state index is 0.227. The van der Waals surface area contributed by atoms with Crippen molar-refractivity contribution >= 4 is 6.09 Å². The van der Waals surface area contributed by atoms with Gasteiger partial charge in [0, 0.05) is 0 Å². The Morgan fingerprint density at radius 1 is 1.35 bits per heavy atom. The van der Waals surface area contributed by atoms with Crippen LogP contribution in [0, 0.1) is 0 Å². The van der Waals surface area contributed by atoms with Crippen LogP contribution in [0.5, 0.6) is 0 Å². The Morgan fingerprint density at radius 3 is 2.60 bits per heavy atom. The summed E-state index contributed by atoms with van der Waals surface area (Å²) >= 11 is 0. The number of aliphatic hydroxyl groups excluding tert-OH is 1. The first-order chi connectivity index (χ1) is 9.70. The van der Waals surface area contributed by atoms with Gasteiger partial charge >= 0.3 is 6.09 Å². The van der Waals surface area contributed by atoms with E-state index in [1.54, 1.807) is 4.90 Å². The van der Waals surface area contributed by atoms with E-state index in [0.29, 0.717) is 26.2 Å². The maximum absolute atomic E-state index is 11.6. The second-order valence-electron chi connectivity index (χ2n) is 5.07. The second kappa shape index (κ2) is 7.26. The molecule has 5 nitrogen and oxygen atoms in total. The predicted octanol–water partition coefficient (Wildman–Crippen LogP) is 0.0770. The van der Waals surface area contributed by atoms with Crippen LogP contribution in [-0.2, 0) is 4.74 Å². The average molecular weight is 279 g/mol. The van der Waals surface area contributed by atoms with Crippen LogP contribution in [0.3, 0.4) is 0 Å². The number of piperazine rings is 1. The number of quaternary nitrogens is 1. The summed E-state index contributed by atoms with van der Waals surface area (Å²) in [5, 5.41) is 10.2. The number of aliphatic hydroxyl groups is 1. The number of hydrogen-bond donors (Lipinski definition) is 2. The second-order valence-corrected chi connectivity index (χ2v) is 5.07. The first-order valence-electron chi connectivity index (χ1n) is 7.19. The zero-order valence-electron chi connectivity index (χ0n) is 11.9. The van der Waals surface area contributed by atoms with Gasteiger partial charge < -0.3 is 14.7 Å². The van der Waals surface area contributed by atoms with Crippen molar-refractivity contribution in [2.75, 3.05) is 39.3 Å². The van der Waals surface area contributed by atoms with E-state index < -0.39 is 6.10 Å². The van der Waals surface area contributed by atoms with Crippen LogP contribution < -0.4 is 4.90 Å². The largest absolute Gasteiger partial charge is 0.450 e. The molecule has 1 heterocycles. The van der Waals surface area contributed by atoms with E-state index >= 15 is 0 Å². The van der Waals surface area contributed by atoms with E-state index in [9.17, 15) is 9.90 Å². The molecular weight excluding hydrogens is 256 g/mol. The molecule has 5 heteroatoms. The van der Waals surface area contributed by atoms with Crippen LogP contribution >= 0.6 is 0 Å². The number of hydrogen-bond acceptors (Lipinski definition) is 3. The molecule has 0 saturated carbocycles. The Hall–Kier alpha value is -1.59. The Morgan fingerprint density at radius 2 is 2.00 bits per heavy atom. The zero-order chi connectivity index (χ0) is 14.4. The number of benzene rings is 1. The molecule has 0 radical (unpaired) electrons. The van der Waals surface area contributed by atoms with E-state index in [1.807, 2.05) is 37.3 Å². The number of rotatable bonds is 4. The van der Waals surface area contributed by atoms with Gasteiger partial charge in [-0.05, 0) is 12.5 Å². The van der Waals surface area contributed by atoms with Crippen LogP contribution in [-0.4, -0.2) is 55.4 Å². The molecule has 1 atom stereocenters. The number of carbonyl (C=O) groups excluding carboxylic acids is 1. The minimum Gasteiger partial charge on any atom is -0.450 e. The third-order valence-electron chi connectivity index (χ3n) is 3.66. The van der Waals surface area contributed by atoms with Gasteiger partial charge in [0.15, 0.2) is 0 Å². The maximum atomic E-state index is 11.6. The van der Waals surface area contributed by atoms with Crippen molar-refractivity contribution in [1.82, 2.24) is 4.90 Å². The molecular formula is C15H23N2O3+. The molecule has 1 amide bonds. The van der Waals surface area contributed by atoms with Gasteiger partial charge in [0.25, 0.3) is 0 Å². The summed E-state index contributed by atoms with van der Waals surface area (Å²) < 4.78 is 5.00. The molecule has 0 unspecified atom stereocenters. The fraction of sp³-hybridized carbons (Fsp3) is 0.533. The van der Waals surface area contributed by atoms with Crippen molar-refractivity contribution in [3.8, 4) is 0 Å². The molecule has 1 aromatic carbocycles. The van der Waals surface area contributed by atoms with E-state index in [1.165, 1.54) is 4.90 Å². The lowest BCUT2D eigenvalue weighted by Crippen LogP contribution is -3.15. The first kappa shape index (κ1) is 14.8. The van der Waals surface area contributed by atoms with Crippen molar-refractivity contribution in [2.24, 2.45) is 0 Å². The highest BCUT2D eigenvalue weighted by Crippen LogP contribution is 2.09. The highest BCUT2D eigenvalue weighted by atomic mass is 16.6. The Balaban J connectivity index is 1.78. The standard InChI is InChI=1S/C15H22N2O3/c1-2-20-15(19)17-10-8-16(9-11-17)12-14(18)13-6-4-3-5-7-13/h3-7,14,18H,2,8-12H2,1H3/p+1/t14-/m1/s1. The number of carbonyl (C=O) groups is 1. The molecule has 1 aromatic rings. The van der Waals surface area contributed by atoms with Crippen LogP contribution in [0.4, 0.5) is 4.79 Å². The SMILES string of the molecule is CCOC(=O)N1CC[NH+](C[C@@H](O)c2ccccc2)CC1. The molecule has 20 heavy (non-hydrogen) atoms. The smallest absolute Gasteiger partial charge is 0.410 e. The van der Waals surface area contributed by atoms with Crippen molar-refractivity contribution in [1.29, 1.82) is 0 Å². The van der Waals surface area contributed by atoms with Gasteiger partial charge in [0.2, 0.25) is 0 Å². The van der Waals surface area contributed by atoms with Crippen molar-refractivity contribution in [3.05, 3.63) is 35.9 Å². The molecule has 2 rings (SSSR count). The van der Waals surface area contributed by atoms with Gasteiger partial charge in [0.05, 0.1) is 32.8 Å². The fourth-order valence-electron chi connectivity index (χ4n) is 2.49. The molecule has 110 valence electrons. The Labute approximate surface area is 119 Å². The summed E-state index contributed by atoms with van der Waals surface area (Å²) in [7, 11) is 0. The minimum atomic E-state index is -0.444. The maximum Gasteiger partial charge on any atom is 0.410 e. The van der Waals surface area contributed by atoms with Crippen LogP contribution in [0.15, 0.2) is 30.3 Å². The average Bonchev–Trinajstić information content (AvgIpc) is 2.49. The van der Waals surface area contributed by atoms with E-state index in [2.05, 4.69) is 0 Å². The third-order valence-corrected chi connectivity index (χ3v) is 3.66. The summed E-state index contributed by atoms with van der Waals surface area (Å²) in [5.41, 5.74) is 0.952. The van der Waals surface area contributed by atoms with E-state index in [0.717, 1.165) is 18.7 Å². The topological polar surface area (TPSA) is 54.2 Å². The number of ether oxygens (including phenoxy) is 1. The molecule has 0 spiro atoms. The quantitative estimate of drug-likeness (QED) is 0.820. The third kappa shape index (κ3) is 3.95. The van der Waals surface area contributed by atoms with E-state index in [4.69, 9.17) is 4.74 Å². The molecule has 2 N–H and O–H groups in total. The zero-order valence-corrected chi connectivity index (χ0v) is 11.9. The fourth-order valence-corrected chi connectivity index (χ4v) is 2.49. The first-order valence-corrected chi connectivity index (χ1v) is 7.19. The van der Waals surface area contributed by atoms with Crippen LogP contribution in [0.25, 0.3) is 0 Å². The summed E-state index contributed by atoms with van der Waals surface area (Å²) in [6.45, 7) is 5.99. The van der Waals surface area contributed by atoms with Crippen LogP contribution in [0.2, 0.25) is 0 Å². The van der Waals surface area contributed by atoms with Crippen molar-refractivity contribution in [2.45, 2.75) is 13.0 Å².